The number of aromatic nitrogens is 3. The topological polar surface area (TPSA) is 43.1 Å². The summed E-state index contributed by atoms with van der Waals surface area (Å²) in [5, 5.41) is 5.50. The molecular weight excluding hydrogens is 288 g/mol. The van der Waals surface area contributed by atoms with Gasteiger partial charge in [-0.25, -0.2) is 0 Å². The zero-order chi connectivity index (χ0) is 15.6. The van der Waals surface area contributed by atoms with Crippen molar-refractivity contribution in [2.75, 3.05) is 13.1 Å². The molecule has 0 saturated carbocycles. The molecule has 1 aromatic carbocycles. The maximum Gasteiger partial charge on any atom is 0.242 e. The van der Waals surface area contributed by atoms with E-state index in [1.807, 2.05) is 44.7 Å². The van der Waals surface area contributed by atoms with E-state index in [-0.39, 0.29) is 5.91 Å². The number of benzene rings is 1. The first kappa shape index (κ1) is 14.1. The Kier molecular flexibility index (Phi) is 3.61. The summed E-state index contributed by atoms with van der Waals surface area (Å²) in [5.41, 5.74) is 1.11. The van der Waals surface area contributed by atoms with E-state index in [1.165, 1.54) is 5.39 Å². The fourth-order valence-electron chi connectivity index (χ4n) is 3.42. The van der Waals surface area contributed by atoms with Crippen molar-refractivity contribution in [3.8, 4) is 0 Å². The number of fused-ring (bicyclic) bond motifs is 1. The molecule has 0 bridgehead atoms. The molecule has 1 atom stereocenters. The average Bonchev–Trinajstić information content (AvgIpc) is 3.25. The zero-order valence-corrected chi connectivity index (χ0v) is 13.0. The van der Waals surface area contributed by atoms with Gasteiger partial charge >= 0.3 is 0 Å². The highest BCUT2D eigenvalue weighted by molar-refractivity contribution is 5.83. The molecule has 1 saturated heterocycles. The first-order chi connectivity index (χ1) is 11.3. The van der Waals surface area contributed by atoms with Gasteiger partial charge < -0.3 is 9.47 Å². The summed E-state index contributed by atoms with van der Waals surface area (Å²) in [6.07, 6.45) is 7.89. The van der Waals surface area contributed by atoms with Crippen LogP contribution in [-0.4, -0.2) is 38.2 Å². The van der Waals surface area contributed by atoms with Crippen molar-refractivity contribution in [2.24, 2.45) is 0 Å². The van der Waals surface area contributed by atoms with Crippen molar-refractivity contribution in [2.45, 2.75) is 25.4 Å². The van der Waals surface area contributed by atoms with Gasteiger partial charge in [0.2, 0.25) is 5.91 Å². The second-order valence-corrected chi connectivity index (χ2v) is 6.12. The number of amides is 1. The van der Waals surface area contributed by atoms with Gasteiger partial charge in [0, 0.05) is 37.2 Å². The summed E-state index contributed by atoms with van der Waals surface area (Å²) in [4.78, 5) is 14.7. The van der Waals surface area contributed by atoms with E-state index >= 15 is 0 Å². The lowest BCUT2D eigenvalue weighted by Gasteiger charge is -2.33. The monoisotopic (exact) mass is 308 g/mol. The van der Waals surface area contributed by atoms with E-state index in [1.54, 1.807) is 6.20 Å². The highest BCUT2D eigenvalue weighted by Gasteiger charge is 2.25. The van der Waals surface area contributed by atoms with Crippen LogP contribution in [0.2, 0.25) is 0 Å². The minimum atomic E-state index is 0.184. The van der Waals surface area contributed by atoms with Gasteiger partial charge in [0.25, 0.3) is 0 Å². The number of rotatable bonds is 3. The van der Waals surface area contributed by atoms with Crippen molar-refractivity contribution in [1.82, 2.24) is 19.2 Å². The molecule has 4 rings (SSSR count). The molecule has 0 aliphatic carbocycles. The van der Waals surface area contributed by atoms with E-state index in [0.29, 0.717) is 12.6 Å². The van der Waals surface area contributed by atoms with Gasteiger partial charge in [0.15, 0.2) is 0 Å². The molecule has 1 fully saturated rings. The van der Waals surface area contributed by atoms with Gasteiger partial charge in [-0.15, -0.1) is 0 Å². The maximum absolute atomic E-state index is 12.7. The Morgan fingerprint density at radius 1 is 1.17 bits per heavy atom. The molecule has 1 amide bonds. The molecule has 0 N–H and O–H groups in total. The summed E-state index contributed by atoms with van der Waals surface area (Å²) >= 11 is 0. The molecule has 1 unspecified atom stereocenters. The zero-order valence-electron chi connectivity index (χ0n) is 13.0. The lowest BCUT2D eigenvalue weighted by Crippen LogP contribution is -2.42. The number of hydrogen-bond donors (Lipinski definition) is 0. The van der Waals surface area contributed by atoms with Crippen LogP contribution < -0.4 is 0 Å². The quantitative estimate of drug-likeness (QED) is 0.746. The third-order valence-electron chi connectivity index (χ3n) is 4.63. The molecule has 1 aliphatic rings. The van der Waals surface area contributed by atoms with E-state index < -0.39 is 0 Å². The van der Waals surface area contributed by atoms with E-state index in [4.69, 9.17) is 0 Å². The minimum absolute atomic E-state index is 0.184. The first-order valence-corrected chi connectivity index (χ1v) is 8.12. The lowest BCUT2D eigenvalue weighted by atomic mass is 10.1. The Hall–Kier alpha value is -2.56. The fourth-order valence-corrected chi connectivity index (χ4v) is 3.42. The predicted octanol–water partition coefficient (Wildman–Crippen LogP) is 2.70. The highest BCUT2D eigenvalue weighted by atomic mass is 16.2. The molecule has 2 aromatic heterocycles. The number of likely N-dealkylation sites (tertiary alicyclic amines) is 1. The molecule has 5 nitrogen and oxygen atoms in total. The Balaban J connectivity index is 1.48. The summed E-state index contributed by atoms with van der Waals surface area (Å²) in [7, 11) is 0. The fraction of sp³-hybridized carbons (Fsp3) is 0.333. The SMILES string of the molecule is O=C(Cn1ccc2ccccc21)N1CCCC(n2cccn2)C1. The third kappa shape index (κ3) is 2.74. The standard InChI is InChI=1S/C18H20N4O/c23-18(14-20-12-8-15-5-1-2-7-17(15)20)21-10-3-6-16(13-21)22-11-4-9-19-22/h1-2,4-5,7-9,11-12,16H,3,6,10,13-14H2. The van der Waals surface area contributed by atoms with Crippen LogP contribution in [0.3, 0.4) is 0 Å². The smallest absolute Gasteiger partial charge is 0.242 e. The Morgan fingerprint density at radius 2 is 2.09 bits per heavy atom. The van der Waals surface area contributed by atoms with Crippen LogP contribution in [0.5, 0.6) is 0 Å². The van der Waals surface area contributed by atoms with Crippen molar-refractivity contribution >= 4 is 16.8 Å². The van der Waals surface area contributed by atoms with Gasteiger partial charge in [-0.3, -0.25) is 9.48 Å². The Labute approximate surface area is 135 Å². The van der Waals surface area contributed by atoms with Crippen LogP contribution in [-0.2, 0) is 11.3 Å². The van der Waals surface area contributed by atoms with Crippen LogP contribution >= 0.6 is 0 Å². The van der Waals surface area contributed by atoms with Crippen molar-refractivity contribution < 1.29 is 4.79 Å². The summed E-state index contributed by atoms with van der Waals surface area (Å²) in [6, 6.07) is 12.5. The summed E-state index contributed by atoms with van der Waals surface area (Å²) < 4.78 is 4.01. The van der Waals surface area contributed by atoms with Crippen molar-refractivity contribution in [3.63, 3.8) is 0 Å². The molecule has 0 radical (unpaired) electrons. The lowest BCUT2D eigenvalue weighted by molar-refractivity contribution is -0.133. The van der Waals surface area contributed by atoms with E-state index in [2.05, 4.69) is 23.3 Å². The van der Waals surface area contributed by atoms with Crippen LogP contribution in [0.15, 0.2) is 55.0 Å². The normalized spacial score (nSPS) is 18.4. The van der Waals surface area contributed by atoms with Crippen molar-refractivity contribution in [3.05, 3.63) is 55.0 Å². The van der Waals surface area contributed by atoms with Gasteiger partial charge in [-0.05, 0) is 36.4 Å². The second-order valence-electron chi connectivity index (χ2n) is 6.12. The number of nitrogens with zero attached hydrogens (tertiary/aromatic N) is 4. The van der Waals surface area contributed by atoms with E-state index in [9.17, 15) is 4.79 Å². The van der Waals surface area contributed by atoms with Gasteiger partial charge in [0.1, 0.15) is 6.54 Å². The first-order valence-electron chi connectivity index (χ1n) is 8.12. The molecule has 23 heavy (non-hydrogen) atoms. The highest BCUT2D eigenvalue weighted by Crippen LogP contribution is 2.21. The average molecular weight is 308 g/mol. The predicted molar refractivity (Wildman–Crippen MR) is 89.0 cm³/mol. The maximum atomic E-state index is 12.7. The third-order valence-corrected chi connectivity index (χ3v) is 4.63. The van der Waals surface area contributed by atoms with Crippen LogP contribution in [0.25, 0.3) is 10.9 Å². The van der Waals surface area contributed by atoms with Gasteiger partial charge in [-0.2, -0.15) is 5.10 Å². The van der Waals surface area contributed by atoms with E-state index in [0.717, 1.165) is 31.4 Å². The number of piperidine rings is 1. The summed E-state index contributed by atoms with van der Waals surface area (Å²) in [6.45, 7) is 1.99. The molecular formula is C18H20N4O. The van der Waals surface area contributed by atoms with Crippen LogP contribution in [0.4, 0.5) is 0 Å². The molecule has 3 heterocycles. The summed E-state index contributed by atoms with van der Waals surface area (Å²) in [5.74, 6) is 0.184. The molecule has 1 aliphatic heterocycles. The number of para-hydroxylation sites is 1. The second kappa shape index (κ2) is 5.91. The number of hydrogen-bond acceptors (Lipinski definition) is 2. The molecule has 118 valence electrons. The van der Waals surface area contributed by atoms with Gasteiger partial charge in [-0.1, -0.05) is 18.2 Å². The van der Waals surface area contributed by atoms with Crippen LogP contribution in [0.1, 0.15) is 18.9 Å². The van der Waals surface area contributed by atoms with Crippen LogP contribution in [0, 0.1) is 0 Å². The minimum Gasteiger partial charge on any atom is -0.339 e. The Bertz CT molecular complexity index is 805. The Morgan fingerprint density at radius 3 is 2.96 bits per heavy atom. The number of carbonyl (C=O) groups is 1. The van der Waals surface area contributed by atoms with Gasteiger partial charge in [0.05, 0.1) is 6.04 Å². The largest absolute Gasteiger partial charge is 0.339 e. The number of carbonyl (C=O) groups excluding carboxylic acids is 1. The molecule has 3 aromatic rings. The molecule has 0 spiro atoms. The molecule has 5 heteroatoms. The van der Waals surface area contributed by atoms with Crippen molar-refractivity contribution in [1.29, 1.82) is 0 Å².